The first-order valence-electron chi connectivity index (χ1n) is 4.15. The number of carbonyl (C=O) groups is 1. The van der Waals surface area contributed by atoms with Crippen LogP contribution in [0.4, 0.5) is 0 Å². The number of carbonyl (C=O) groups excluding carboxylic acids is 1. The van der Waals surface area contributed by atoms with E-state index in [2.05, 4.69) is 23.7 Å². The molecule has 72 valence electrons. The molecule has 3 heteroatoms. The van der Waals surface area contributed by atoms with Crippen molar-refractivity contribution in [2.75, 3.05) is 6.61 Å². The molecule has 0 amide bonds. The summed E-state index contributed by atoms with van der Waals surface area (Å²) in [6.45, 7) is 5.74. The SMILES string of the molecule is C=C(C)C(=O)OCC[AsH](C)(C)C. The molecular formula is C9H19AsO2. The van der Waals surface area contributed by atoms with Crippen LogP contribution in [0.25, 0.3) is 0 Å². The Morgan fingerprint density at radius 2 is 1.92 bits per heavy atom. The summed E-state index contributed by atoms with van der Waals surface area (Å²) in [5, 5.41) is 1.07. The Balaban J connectivity index is 3.58. The van der Waals surface area contributed by atoms with Crippen molar-refractivity contribution in [1.29, 1.82) is 0 Å². The van der Waals surface area contributed by atoms with Gasteiger partial charge >= 0.3 is 77.1 Å². The van der Waals surface area contributed by atoms with Gasteiger partial charge in [0, 0.05) is 0 Å². The summed E-state index contributed by atoms with van der Waals surface area (Å²) in [6.07, 6.45) is 0. The van der Waals surface area contributed by atoms with Crippen molar-refractivity contribution in [3.05, 3.63) is 12.2 Å². The Bertz CT molecular complexity index is 179. The fourth-order valence-corrected chi connectivity index (χ4v) is 2.07. The second-order valence-corrected chi connectivity index (χ2v) is 16.0. The van der Waals surface area contributed by atoms with Crippen LogP contribution in [-0.2, 0) is 9.53 Å². The fourth-order valence-electron chi connectivity index (χ4n) is 0.573. The minimum atomic E-state index is -1.51. The van der Waals surface area contributed by atoms with Crippen LogP contribution in [0.1, 0.15) is 6.92 Å². The third-order valence-electron chi connectivity index (χ3n) is 1.43. The van der Waals surface area contributed by atoms with Crippen LogP contribution in [0.15, 0.2) is 12.2 Å². The third-order valence-corrected chi connectivity index (χ3v) is 5.01. The molecule has 0 aromatic rings. The molecule has 0 saturated carbocycles. The van der Waals surface area contributed by atoms with Crippen molar-refractivity contribution >= 4 is 19.5 Å². The zero-order valence-electron chi connectivity index (χ0n) is 8.44. The van der Waals surface area contributed by atoms with Crippen molar-refractivity contribution in [3.63, 3.8) is 0 Å². The van der Waals surface area contributed by atoms with Gasteiger partial charge in [-0.25, -0.2) is 0 Å². The molecule has 2 nitrogen and oxygen atoms in total. The summed E-state index contributed by atoms with van der Waals surface area (Å²) >= 11 is -1.51. The first-order chi connectivity index (χ1) is 5.33. The number of hydrogen-bond acceptors (Lipinski definition) is 2. The van der Waals surface area contributed by atoms with E-state index in [0.717, 1.165) is 5.21 Å². The molecule has 0 unspecified atom stereocenters. The van der Waals surface area contributed by atoms with Crippen molar-refractivity contribution in [1.82, 2.24) is 0 Å². The van der Waals surface area contributed by atoms with Gasteiger partial charge in [-0.2, -0.15) is 0 Å². The number of rotatable bonds is 4. The van der Waals surface area contributed by atoms with E-state index in [1.807, 2.05) is 0 Å². The molecule has 0 fully saturated rings. The molecule has 0 heterocycles. The molecule has 0 radical (unpaired) electrons. The van der Waals surface area contributed by atoms with Gasteiger partial charge in [0.05, 0.1) is 0 Å². The van der Waals surface area contributed by atoms with Crippen molar-refractivity contribution < 1.29 is 9.53 Å². The maximum atomic E-state index is 10.9. The molecule has 0 aromatic heterocycles. The molecule has 0 saturated heterocycles. The van der Waals surface area contributed by atoms with E-state index in [0.29, 0.717) is 12.2 Å². The Morgan fingerprint density at radius 3 is 2.25 bits per heavy atom. The molecule has 0 aliphatic rings. The first-order valence-corrected chi connectivity index (χ1v) is 11.9. The van der Waals surface area contributed by atoms with E-state index in [1.165, 1.54) is 0 Å². The van der Waals surface area contributed by atoms with Crippen LogP contribution < -0.4 is 0 Å². The normalized spacial score (nSPS) is 12.3. The standard InChI is InChI=1S/C9H19AsO2/c1-8(2)9(11)12-7-6-10(3,4)5/h10H,1,6-7H2,2-5H3. The molecule has 0 rings (SSSR count). The van der Waals surface area contributed by atoms with E-state index < -0.39 is 13.6 Å². The summed E-state index contributed by atoms with van der Waals surface area (Å²) in [7, 11) is 0. The Kier molecular flexibility index (Phi) is 4.62. The van der Waals surface area contributed by atoms with Crippen LogP contribution in [0, 0.1) is 0 Å². The van der Waals surface area contributed by atoms with Crippen LogP contribution in [-0.4, -0.2) is 26.1 Å². The van der Waals surface area contributed by atoms with Gasteiger partial charge in [0.2, 0.25) is 0 Å². The van der Waals surface area contributed by atoms with Gasteiger partial charge in [0.1, 0.15) is 0 Å². The second-order valence-electron chi connectivity index (χ2n) is 4.23. The number of hydrogen-bond donors (Lipinski definition) is 0. The van der Waals surface area contributed by atoms with Gasteiger partial charge in [0.25, 0.3) is 0 Å². The topological polar surface area (TPSA) is 26.3 Å². The quantitative estimate of drug-likeness (QED) is 0.423. The monoisotopic (exact) mass is 234 g/mol. The minimum absolute atomic E-state index is 0.262. The Morgan fingerprint density at radius 1 is 1.42 bits per heavy atom. The van der Waals surface area contributed by atoms with Crippen molar-refractivity contribution in [2.45, 2.75) is 29.3 Å². The van der Waals surface area contributed by atoms with Crippen LogP contribution >= 0.6 is 0 Å². The molecule has 0 aliphatic heterocycles. The van der Waals surface area contributed by atoms with Gasteiger partial charge < -0.3 is 0 Å². The number of esters is 1. The van der Waals surface area contributed by atoms with E-state index in [9.17, 15) is 4.79 Å². The average molecular weight is 234 g/mol. The van der Waals surface area contributed by atoms with Crippen LogP contribution in [0.3, 0.4) is 0 Å². The second kappa shape index (κ2) is 4.71. The summed E-state index contributed by atoms with van der Waals surface area (Å²) in [6, 6.07) is 0. The average Bonchev–Trinajstić information content (AvgIpc) is 1.84. The molecule has 0 N–H and O–H groups in total. The summed E-state index contributed by atoms with van der Waals surface area (Å²) in [5.41, 5.74) is 7.38. The summed E-state index contributed by atoms with van der Waals surface area (Å²) in [4.78, 5) is 10.9. The van der Waals surface area contributed by atoms with Gasteiger partial charge in [-0.15, -0.1) is 0 Å². The molecule has 0 aliphatic carbocycles. The predicted octanol–water partition coefficient (Wildman–Crippen LogP) is 2.18. The Hall–Kier alpha value is -0.232. The molecule has 0 bridgehead atoms. The fraction of sp³-hybridized carbons (Fsp3) is 0.667. The molecule has 0 aromatic carbocycles. The molecule has 0 atom stereocenters. The Labute approximate surface area is 77.4 Å². The first kappa shape index (κ1) is 11.8. The maximum absolute atomic E-state index is 10.9. The molecular weight excluding hydrogens is 215 g/mol. The summed E-state index contributed by atoms with van der Waals surface area (Å²) in [5.74, 6) is -0.262. The van der Waals surface area contributed by atoms with Gasteiger partial charge in [-0.3, -0.25) is 0 Å². The predicted molar refractivity (Wildman–Crippen MR) is 55.3 cm³/mol. The van der Waals surface area contributed by atoms with Gasteiger partial charge in [-0.05, 0) is 0 Å². The molecule has 0 spiro atoms. The number of ether oxygens (including phenoxy) is 1. The zero-order chi connectivity index (χ0) is 9.78. The van der Waals surface area contributed by atoms with Crippen LogP contribution in [0.5, 0.6) is 0 Å². The third kappa shape index (κ3) is 6.48. The van der Waals surface area contributed by atoms with E-state index in [-0.39, 0.29) is 5.97 Å². The van der Waals surface area contributed by atoms with E-state index >= 15 is 0 Å². The van der Waals surface area contributed by atoms with Gasteiger partial charge in [-0.1, -0.05) is 0 Å². The van der Waals surface area contributed by atoms with Crippen molar-refractivity contribution in [2.24, 2.45) is 0 Å². The molecule has 12 heavy (non-hydrogen) atoms. The van der Waals surface area contributed by atoms with Gasteiger partial charge in [0.15, 0.2) is 0 Å². The summed E-state index contributed by atoms with van der Waals surface area (Å²) < 4.78 is 4.99. The zero-order valence-corrected chi connectivity index (χ0v) is 10.5. The van der Waals surface area contributed by atoms with Crippen LogP contribution in [0.2, 0.25) is 22.3 Å². The van der Waals surface area contributed by atoms with E-state index in [1.54, 1.807) is 6.92 Å². The van der Waals surface area contributed by atoms with Crippen molar-refractivity contribution in [3.8, 4) is 0 Å². The van der Waals surface area contributed by atoms with E-state index in [4.69, 9.17) is 4.74 Å².